The van der Waals surface area contributed by atoms with E-state index in [0.717, 1.165) is 39.7 Å². The van der Waals surface area contributed by atoms with Crippen molar-refractivity contribution < 1.29 is 0 Å². The van der Waals surface area contributed by atoms with Crippen LogP contribution in [-0.4, -0.2) is 15.0 Å². The average molecular weight is 302 g/mol. The van der Waals surface area contributed by atoms with Gasteiger partial charge in [-0.3, -0.25) is 4.98 Å². The van der Waals surface area contributed by atoms with Crippen molar-refractivity contribution >= 4 is 27.8 Å². The van der Waals surface area contributed by atoms with Crippen LogP contribution in [0, 0.1) is 0 Å². The van der Waals surface area contributed by atoms with Gasteiger partial charge in [-0.15, -0.1) is 22.7 Å². The first-order chi connectivity index (χ1) is 9.78. The molecule has 0 fully saturated rings. The quantitative estimate of drug-likeness (QED) is 0.794. The van der Waals surface area contributed by atoms with Crippen molar-refractivity contribution in [3.8, 4) is 21.1 Å². The molecule has 2 N–H and O–H groups in total. The second-order valence-electron chi connectivity index (χ2n) is 4.36. The number of rotatable bonds is 4. The first-order valence-electron chi connectivity index (χ1n) is 6.39. The van der Waals surface area contributed by atoms with Gasteiger partial charge in [0.15, 0.2) is 5.13 Å². The highest BCUT2D eigenvalue weighted by Gasteiger charge is 2.15. The Morgan fingerprint density at radius 2 is 2.20 bits per heavy atom. The van der Waals surface area contributed by atoms with E-state index in [-0.39, 0.29) is 0 Å². The van der Waals surface area contributed by atoms with Crippen molar-refractivity contribution in [2.45, 2.75) is 19.8 Å². The molecule has 3 aromatic heterocycles. The number of aromatic nitrogens is 3. The standard InChI is InChI=1S/C14H14N4S2/c1-2-4-10-12(11-8-19-14(15)18-11)20-13(17-10)9-5-3-6-16-7-9/h3,5-8H,2,4H2,1H3,(H2,15,18). The van der Waals surface area contributed by atoms with Crippen LogP contribution in [0.2, 0.25) is 0 Å². The van der Waals surface area contributed by atoms with Crippen LogP contribution in [0.15, 0.2) is 29.9 Å². The Kier molecular flexibility index (Phi) is 3.75. The number of hydrogen-bond acceptors (Lipinski definition) is 6. The molecule has 0 aliphatic heterocycles. The molecule has 0 aromatic carbocycles. The normalized spacial score (nSPS) is 10.8. The molecule has 0 amide bonds. The molecule has 0 aliphatic rings. The summed E-state index contributed by atoms with van der Waals surface area (Å²) in [6.07, 6.45) is 5.62. The first-order valence-corrected chi connectivity index (χ1v) is 8.09. The SMILES string of the molecule is CCCc1nc(-c2cccnc2)sc1-c1csc(N)n1. The van der Waals surface area contributed by atoms with Crippen LogP contribution >= 0.6 is 22.7 Å². The van der Waals surface area contributed by atoms with Crippen molar-refractivity contribution in [2.24, 2.45) is 0 Å². The maximum Gasteiger partial charge on any atom is 0.180 e. The minimum atomic E-state index is 0.596. The maximum absolute atomic E-state index is 5.74. The van der Waals surface area contributed by atoms with E-state index >= 15 is 0 Å². The van der Waals surface area contributed by atoms with E-state index in [1.54, 1.807) is 17.5 Å². The van der Waals surface area contributed by atoms with Gasteiger partial charge < -0.3 is 5.73 Å². The molecule has 3 rings (SSSR count). The summed E-state index contributed by atoms with van der Waals surface area (Å²) in [4.78, 5) is 14.4. The lowest BCUT2D eigenvalue weighted by Crippen LogP contribution is -1.88. The van der Waals surface area contributed by atoms with E-state index in [4.69, 9.17) is 10.7 Å². The number of nitrogens with zero attached hydrogens (tertiary/aromatic N) is 3. The van der Waals surface area contributed by atoms with Crippen LogP contribution < -0.4 is 5.73 Å². The molecule has 3 aromatic rings. The van der Waals surface area contributed by atoms with Gasteiger partial charge in [0.1, 0.15) is 5.01 Å². The van der Waals surface area contributed by atoms with Gasteiger partial charge in [0.05, 0.1) is 16.3 Å². The molecule has 0 bridgehead atoms. The first kappa shape index (κ1) is 13.2. The van der Waals surface area contributed by atoms with E-state index in [2.05, 4.69) is 16.9 Å². The fourth-order valence-corrected chi connectivity index (χ4v) is 3.65. The minimum absolute atomic E-state index is 0.596. The Balaban J connectivity index is 2.07. The van der Waals surface area contributed by atoms with Gasteiger partial charge in [-0.05, 0) is 18.6 Å². The summed E-state index contributed by atoms with van der Waals surface area (Å²) in [6.45, 7) is 2.16. The van der Waals surface area contributed by atoms with Crippen molar-refractivity contribution in [3.63, 3.8) is 0 Å². The largest absolute Gasteiger partial charge is 0.375 e. The zero-order valence-corrected chi connectivity index (χ0v) is 12.7. The third-order valence-corrected chi connectivity index (χ3v) is 4.69. The molecule has 102 valence electrons. The summed E-state index contributed by atoms with van der Waals surface area (Å²) in [5, 5.41) is 3.58. The summed E-state index contributed by atoms with van der Waals surface area (Å²) in [5.41, 5.74) is 8.82. The van der Waals surface area contributed by atoms with Gasteiger partial charge in [-0.2, -0.15) is 0 Å². The third-order valence-electron chi connectivity index (χ3n) is 2.85. The Bertz CT molecular complexity index is 703. The molecular formula is C14H14N4S2. The third kappa shape index (κ3) is 2.57. The minimum Gasteiger partial charge on any atom is -0.375 e. The maximum atomic E-state index is 5.74. The van der Waals surface area contributed by atoms with E-state index in [1.807, 2.05) is 23.7 Å². The Labute approximate surface area is 125 Å². The summed E-state index contributed by atoms with van der Waals surface area (Å²) < 4.78 is 0. The molecule has 0 saturated carbocycles. The Morgan fingerprint density at radius 1 is 1.30 bits per heavy atom. The monoisotopic (exact) mass is 302 g/mol. The Morgan fingerprint density at radius 3 is 2.85 bits per heavy atom. The van der Waals surface area contributed by atoms with Crippen molar-refractivity contribution in [1.82, 2.24) is 15.0 Å². The van der Waals surface area contributed by atoms with Crippen LogP contribution in [0.25, 0.3) is 21.1 Å². The second kappa shape index (κ2) is 5.68. The number of thiazole rings is 2. The molecule has 0 radical (unpaired) electrons. The fraction of sp³-hybridized carbons (Fsp3) is 0.214. The van der Waals surface area contributed by atoms with Gasteiger partial charge in [-0.25, -0.2) is 9.97 Å². The predicted molar refractivity (Wildman–Crippen MR) is 84.9 cm³/mol. The van der Waals surface area contributed by atoms with Crippen molar-refractivity contribution in [2.75, 3.05) is 5.73 Å². The summed E-state index contributed by atoms with van der Waals surface area (Å²) in [6, 6.07) is 3.96. The fourth-order valence-electron chi connectivity index (χ4n) is 1.96. The number of hydrogen-bond donors (Lipinski definition) is 1. The van der Waals surface area contributed by atoms with Gasteiger partial charge >= 0.3 is 0 Å². The molecule has 0 aliphatic carbocycles. The van der Waals surface area contributed by atoms with Crippen LogP contribution in [0.3, 0.4) is 0 Å². The van der Waals surface area contributed by atoms with E-state index in [0.29, 0.717) is 5.13 Å². The lowest BCUT2D eigenvalue weighted by Gasteiger charge is -1.95. The van der Waals surface area contributed by atoms with E-state index in [9.17, 15) is 0 Å². The number of pyridine rings is 1. The highest BCUT2D eigenvalue weighted by atomic mass is 32.1. The number of anilines is 1. The number of nitrogen functional groups attached to an aromatic ring is 1. The molecule has 0 saturated heterocycles. The molecule has 4 nitrogen and oxygen atoms in total. The average Bonchev–Trinajstić information content (AvgIpc) is 3.07. The number of aryl methyl sites for hydroxylation is 1. The van der Waals surface area contributed by atoms with Gasteiger partial charge in [0.2, 0.25) is 0 Å². The molecule has 6 heteroatoms. The van der Waals surface area contributed by atoms with Crippen LogP contribution in [0.4, 0.5) is 5.13 Å². The smallest absolute Gasteiger partial charge is 0.180 e. The summed E-state index contributed by atoms with van der Waals surface area (Å²) in [5.74, 6) is 0. The number of nitrogens with two attached hydrogens (primary N) is 1. The highest BCUT2D eigenvalue weighted by molar-refractivity contribution is 7.19. The molecule has 20 heavy (non-hydrogen) atoms. The predicted octanol–water partition coefficient (Wildman–Crippen LogP) is 3.86. The molecule has 0 spiro atoms. The lowest BCUT2D eigenvalue weighted by atomic mass is 10.2. The zero-order chi connectivity index (χ0) is 13.9. The highest BCUT2D eigenvalue weighted by Crippen LogP contribution is 2.36. The topological polar surface area (TPSA) is 64.7 Å². The second-order valence-corrected chi connectivity index (χ2v) is 6.25. The van der Waals surface area contributed by atoms with E-state index in [1.165, 1.54) is 11.3 Å². The lowest BCUT2D eigenvalue weighted by molar-refractivity contribution is 0.894. The van der Waals surface area contributed by atoms with Crippen molar-refractivity contribution in [3.05, 3.63) is 35.6 Å². The van der Waals surface area contributed by atoms with E-state index < -0.39 is 0 Å². The van der Waals surface area contributed by atoms with Gasteiger partial charge in [-0.1, -0.05) is 13.3 Å². The van der Waals surface area contributed by atoms with Gasteiger partial charge in [0.25, 0.3) is 0 Å². The van der Waals surface area contributed by atoms with Crippen molar-refractivity contribution in [1.29, 1.82) is 0 Å². The summed E-state index contributed by atoms with van der Waals surface area (Å²) >= 11 is 3.12. The van der Waals surface area contributed by atoms with Crippen LogP contribution in [-0.2, 0) is 6.42 Å². The molecular weight excluding hydrogens is 288 g/mol. The van der Waals surface area contributed by atoms with Crippen LogP contribution in [0.5, 0.6) is 0 Å². The summed E-state index contributed by atoms with van der Waals surface area (Å²) in [7, 11) is 0. The Hall–Kier alpha value is -1.79. The zero-order valence-electron chi connectivity index (χ0n) is 11.0. The van der Waals surface area contributed by atoms with Gasteiger partial charge in [0, 0.05) is 23.3 Å². The molecule has 3 heterocycles. The molecule has 0 unspecified atom stereocenters. The molecule has 0 atom stereocenters. The van der Waals surface area contributed by atoms with Crippen LogP contribution in [0.1, 0.15) is 19.0 Å².